The number of nitrogens with zero attached hydrogens (tertiary/aromatic N) is 2. The predicted octanol–water partition coefficient (Wildman–Crippen LogP) is 1.19. The molecule has 88 valence electrons. The molecule has 2 rings (SSSR count). The van der Waals surface area contributed by atoms with Gasteiger partial charge >= 0.3 is 0 Å². The van der Waals surface area contributed by atoms with E-state index in [0.717, 1.165) is 19.2 Å². The van der Waals surface area contributed by atoms with Gasteiger partial charge in [-0.15, -0.1) is 0 Å². The normalized spacial score (nSPS) is 29.8. The Labute approximate surface area is 93.4 Å². The van der Waals surface area contributed by atoms with Crippen LogP contribution in [0.15, 0.2) is 0 Å². The number of rotatable bonds is 4. The van der Waals surface area contributed by atoms with E-state index in [1.807, 2.05) is 0 Å². The highest BCUT2D eigenvalue weighted by Gasteiger charge is 2.26. The molecule has 2 heterocycles. The van der Waals surface area contributed by atoms with E-state index in [1.54, 1.807) is 7.11 Å². The van der Waals surface area contributed by atoms with Crippen LogP contribution in [0.4, 0.5) is 0 Å². The Morgan fingerprint density at radius 2 is 1.93 bits per heavy atom. The van der Waals surface area contributed by atoms with Crippen LogP contribution in [-0.4, -0.2) is 62.3 Å². The van der Waals surface area contributed by atoms with Crippen molar-refractivity contribution in [2.45, 2.75) is 31.7 Å². The van der Waals surface area contributed by atoms with E-state index in [1.165, 1.54) is 51.9 Å². The monoisotopic (exact) mass is 212 g/mol. The molecule has 2 saturated heterocycles. The molecule has 0 bridgehead atoms. The molecule has 0 aromatic heterocycles. The molecule has 0 saturated carbocycles. The second kappa shape index (κ2) is 5.83. The standard InChI is InChI=1S/C12H24N2O/c1-15-10-9-13-6-4-5-12(11-13)14-7-2-3-8-14/h12H,2-11H2,1H3/t12-/m1/s1. The second-order valence-electron chi connectivity index (χ2n) is 4.83. The average Bonchev–Trinajstić information content (AvgIpc) is 2.80. The third-order valence-corrected chi connectivity index (χ3v) is 3.75. The first-order chi connectivity index (χ1) is 7.40. The first-order valence-corrected chi connectivity index (χ1v) is 6.35. The molecule has 0 unspecified atom stereocenters. The predicted molar refractivity (Wildman–Crippen MR) is 62.1 cm³/mol. The molecule has 0 spiro atoms. The molecule has 0 amide bonds. The Bertz CT molecular complexity index is 180. The highest BCUT2D eigenvalue weighted by molar-refractivity contribution is 4.83. The zero-order valence-corrected chi connectivity index (χ0v) is 9.95. The molecule has 2 aliphatic heterocycles. The number of hydrogen-bond acceptors (Lipinski definition) is 3. The van der Waals surface area contributed by atoms with Crippen LogP contribution in [-0.2, 0) is 4.74 Å². The van der Waals surface area contributed by atoms with Gasteiger partial charge in [-0.05, 0) is 45.3 Å². The first-order valence-electron chi connectivity index (χ1n) is 6.35. The van der Waals surface area contributed by atoms with Gasteiger partial charge in [-0.25, -0.2) is 0 Å². The zero-order chi connectivity index (χ0) is 10.5. The van der Waals surface area contributed by atoms with Crippen molar-refractivity contribution in [2.24, 2.45) is 0 Å². The summed E-state index contributed by atoms with van der Waals surface area (Å²) < 4.78 is 5.15. The Kier molecular flexibility index (Phi) is 4.42. The van der Waals surface area contributed by atoms with Crippen LogP contribution >= 0.6 is 0 Å². The van der Waals surface area contributed by atoms with E-state index in [0.29, 0.717) is 0 Å². The minimum Gasteiger partial charge on any atom is -0.383 e. The van der Waals surface area contributed by atoms with Gasteiger partial charge in [-0.2, -0.15) is 0 Å². The average molecular weight is 212 g/mol. The van der Waals surface area contributed by atoms with Crippen LogP contribution in [0.25, 0.3) is 0 Å². The third-order valence-electron chi connectivity index (χ3n) is 3.75. The molecule has 0 aromatic carbocycles. The summed E-state index contributed by atoms with van der Waals surface area (Å²) in [7, 11) is 1.79. The van der Waals surface area contributed by atoms with Crippen LogP contribution in [0, 0.1) is 0 Å². The van der Waals surface area contributed by atoms with Gasteiger partial charge in [0.05, 0.1) is 6.61 Å². The maximum absolute atomic E-state index is 5.15. The molecule has 3 heteroatoms. The van der Waals surface area contributed by atoms with E-state index < -0.39 is 0 Å². The van der Waals surface area contributed by atoms with Gasteiger partial charge < -0.3 is 4.74 Å². The largest absolute Gasteiger partial charge is 0.383 e. The molecule has 0 N–H and O–H groups in total. The maximum Gasteiger partial charge on any atom is 0.0589 e. The van der Waals surface area contributed by atoms with Crippen LogP contribution in [0.2, 0.25) is 0 Å². The maximum atomic E-state index is 5.15. The highest BCUT2D eigenvalue weighted by atomic mass is 16.5. The van der Waals surface area contributed by atoms with Crippen molar-refractivity contribution in [2.75, 3.05) is 46.4 Å². The minimum absolute atomic E-state index is 0.832. The summed E-state index contributed by atoms with van der Waals surface area (Å²) in [5, 5.41) is 0. The van der Waals surface area contributed by atoms with Gasteiger partial charge in [-0.1, -0.05) is 0 Å². The van der Waals surface area contributed by atoms with Gasteiger partial charge in [0, 0.05) is 26.2 Å². The summed E-state index contributed by atoms with van der Waals surface area (Å²) >= 11 is 0. The zero-order valence-electron chi connectivity index (χ0n) is 9.95. The minimum atomic E-state index is 0.832. The Morgan fingerprint density at radius 3 is 2.67 bits per heavy atom. The lowest BCUT2D eigenvalue weighted by molar-refractivity contribution is 0.0870. The van der Waals surface area contributed by atoms with Crippen LogP contribution < -0.4 is 0 Å². The van der Waals surface area contributed by atoms with Crippen molar-refractivity contribution in [3.05, 3.63) is 0 Å². The van der Waals surface area contributed by atoms with Gasteiger partial charge in [0.1, 0.15) is 0 Å². The summed E-state index contributed by atoms with van der Waals surface area (Å²) in [4.78, 5) is 5.26. The molecule has 0 aromatic rings. The summed E-state index contributed by atoms with van der Waals surface area (Å²) in [6.45, 7) is 7.20. The Hall–Kier alpha value is -0.120. The fraction of sp³-hybridized carbons (Fsp3) is 1.00. The lowest BCUT2D eigenvalue weighted by Gasteiger charge is -2.37. The second-order valence-corrected chi connectivity index (χ2v) is 4.83. The van der Waals surface area contributed by atoms with Crippen molar-refractivity contribution in [3.63, 3.8) is 0 Å². The topological polar surface area (TPSA) is 15.7 Å². The molecule has 0 radical (unpaired) electrons. The van der Waals surface area contributed by atoms with Gasteiger partial charge in [0.25, 0.3) is 0 Å². The number of methoxy groups -OCH3 is 1. The Morgan fingerprint density at radius 1 is 1.13 bits per heavy atom. The van der Waals surface area contributed by atoms with Crippen molar-refractivity contribution in [3.8, 4) is 0 Å². The van der Waals surface area contributed by atoms with Gasteiger partial charge in [0.15, 0.2) is 0 Å². The van der Waals surface area contributed by atoms with Crippen molar-refractivity contribution >= 4 is 0 Å². The van der Waals surface area contributed by atoms with Crippen molar-refractivity contribution < 1.29 is 4.74 Å². The lowest BCUT2D eigenvalue weighted by atomic mass is 10.0. The van der Waals surface area contributed by atoms with Crippen LogP contribution in [0.5, 0.6) is 0 Å². The SMILES string of the molecule is COCCN1CCC[C@@H](N2CCCC2)C1. The molecule has 2 aliphatic rings. The fourth-order valence-electron chi connectivity index (χ4n) is 2.86. The van der Waals surface area contributed by atoms with E-state index >= 15 is 0 Å². The van der Waals surface area contributed by atoms with Crippen LogP contribution in [0.3, 0.4) is 0 Å². The Balaban J connectivity index is 1.75. The summed E-state index contributed by atoms with van der Waals surface area (Å²) in [6, 6.07) is 0.832. The summed E-state index contributed by atoms with van der Waals surface area (Å²) in [6.07, 6.45) is 5.59. The molecule has 15 heavy (non-hydrogen) atoms. The molecular weight excluding hydrogens is 188 g/mol. The van der Waals surface area contributed by atoms with Gasteiger partial charge in [0.2, 0.25) is 0 Å². The smallest absolute Gasteiger partial charge is 0.0589 e. The first kappa shape index (κ1) is 11.4. The number of piperidine rings is 1. The molecule has 1 atom stereocenters. The lowest BCUT2D eigenvalue weighted by Crippen LogP contribution is -2.47. The van der Waals surface area contributed by atoms with E-state index in [-0.39, 0.29) is 0 Å². The highest BCUT2D eigenvalue weighted by Crippen LogP contribution is 2.20. The third kappa shape index (κ3) is 3.16. The molecule has 2 fully saturated rings. The molecule has 3 nitrogen and oxygen atoms in total. The van der Waals surface area contributed by atoms with E-state index in [2.05, 4.69) is 9.80 Å². The fourth-order valence-corrected chi connectivity index (χ4v) is 2.86. The van der Waals surface area contributed by atoms with E-state index in [9.17, 15) is 0 Å². The molecule has 0 aliphatic carbocycles. The number of hydrogen-bond donors (Lipinski definition) is 0. The van der Waals surface area contributed by atoms with E-state index in [4.69, 9.17) is 4.74 Å². The number of ether oxygens (including phenoxy) is 1. The van der Waals surface area contributed by atoms with Crippen molar-refractivity contribution in [1.82, 2.24) is 9.80 Å². The summed E-state index contributed by atoms with van der Waals surface area (Å²) in [5.74, 6) is 0. The van der Waals surface area contributed by atoms with Crippen LogP contribution in [0.1, 0.15) is 25.7 Å². The molecular formula is C12H24N2O. The summed E-state index contributed by atoms with van der Waals surface area (Å²) in [5.41, 5.74) is 0. The quantitative estimate of drug-likeness (QED) is 0.696. The van der Waals surface area contributed by atoms with Gasteiger partial charge in [-0.3, -0.25) is 9.80 Å². The van der Waals surface area contributed by atoms with Crippen molar-refractivity contribution in [1.29, 1.82) is 0 Å². The number of likely N-dealkylation sites (tertiary alicyclic amines) is 2.